The fourth-order valence-corrected chi connectivity index (χ4v) is 3.67. The maximum absolute atomic E-state index is 12.9. The average molecular weight is 375 g/mol. The van der Waals surface area contributed by atoms with Crippen LogP contribution in [0.1, 0.15) is 23.3 Å². The quantitative estimate of drug-likeness (QED) is 0.826. The monoisotopic (exact) mass is 374 g/mol. The smallest absolute Gasteiger partial charge is 0.274 e. The number of halogens is 1. The molecule has 4 rings (SSSR count). The minimum absolute atomic E-state index is 0.130. The number of hydrogen-bond donors (Lipinski definition) is 0. The van der Waals surface area contributed by atoms with Crippen LogP contribution < -0.4 is 9.64 Å². The molecule has 2 aliphatic heterocycles. The highest BCUT2D eigenvalue weighted by Gasteiger charge is 2.38. The zero-order valence-corrected chi connectivity index (χ0v) is 15.1. The highest BCUT2D eigenvalue weighted by molar-refractivity contribution is 6.34. The van der Waals surface area contributed by atoms with Crippen molar-refractivity contribution in [1.29, 1.82) is 0 Å². The highest BCUT2D eigenvalue weighted by atomic mass is 35.5. The van der Waals surface area contributed by atoms with E-state index in [4.69, 9.17) is 16.3 Å². The normalized spacial score (nSPS) is 19.2. The number of amides is 2. The average Bonchev–Trinajstić information content (AvgIpc) is 3.24. The van der Waals surface area contributed by atoms with Crippen LogP contribution in [0.3, 0.4) is 0 Å². The zero-order chi connectivity index (χ0) is 18.3. The summed E-state index contributed by atoms with van der Waals surface area (Å²) >= 11 is 6.21. The molecule has 0 spiro atoms. The van der Waals surface area contributed by atoms with Gasteiger partial charge in [0.05, 0.1) is 17.3 Å². The lowest BCUT2D eigenvalue weighted by atomic mass is 10.2. The maximum Gasteiger partial charge on any atom is 0.274 e. The van der Waals surface area contributed by atoms with Gasteiger partial charge in [-0.25, -0.2) is 4.68 Å². The Morgan fingerprint density at radius 2 is 2.15 bits per heavy atom. The third-order valence-electron chi connectivity index (χ3n) is 4.83. The number of carbonyl (C=O) groups is 2. The second-order valence-electron chi connectivity index (χ2n) is 6.45. The van der Waals surface area contributed by atoms with Crippen molar-refractivity contribution in [3.05, 3.63) is 41.0 Å². The largest absolute Gasteiger partial charge is 0.478 e. The third-order valence-corrected chi connectivity index (χ3v) is 5.15. The van der Waals surface area contributed by atoms with Gasteiger partial charge < -0.3 is 14.5 Å². The van der Waals surface area contributed by atoms with Gasteiger partial charge in [0.25, 0.3) is 5.91 Å². The number of rotatable bonds is 3. The number of nitrogens with zero attached hydrogens (tertiary/aromatic N) is 4. The van der Waals surface area contributed by atoms with E-state index in [9.17, 15) is 9.59 Å². The molecule has 1 aromatic carbocycles. The lowest BCUT2D eigenvalue weighted by Gasteiger charge is -2.23. The molecule has 1 aromatic heterocycles. The van der Waals surface area contributed by atoms with E-state index in [1.165, 1.54) is 4.90 Å². The van der Waals surface area contributed by atoms with Crippen molar-refractivity contribution in [2.45, 2.75) is 25.4 Å². The van der Waals surface area contributed by atoms with Crippen molar-refractivity contribution in [3.8, 4) is 5.88 Å². The Morgan fingerprint density at radius 3 is 2.92 bits per heavy atom. The molecule has 26 heavy (non-hydrogen) atoms. The van der Waals surface area contributed by atoms with Gasteiger partial charge in [0.1, 0.15) is 6.04 Å². The lowest BCUT2D eigenvalue weighted by Crippen LogP contribution is -2.43. The van der Waals surface area contributed by atoms with Crippen LogP contribution in [0.25, 0.3) is 0 Å². The van der Waals surface area contributed by atoms with Crippen LogP contribution in [0.5, 0.6) is 5.88 Å². The van der Waals surface area contributed by atoms with E-state index in [0.29, 0.717) is 41.9 Å². The molecule has 1 saturated heterocycles. The molecular formula is C18H19ClN4O3. The molecule has 0 aliphatic carbocycles. The van der Waals surface area contributed by atoms with Gasteiger partial charge in [0, 0.05) is 32.6 Å². The number of aryl methyl sites for hydroxylation is 1. The minimum Gasteiger partial charge on any atom is -0.478 e. The van der Waals surface area contributed by atoms with E-state index >= 15 is 0 Å². The van der Waals surface area contributed by atoms with Crippen molar-refractivity contribution in [2.24, 2.45) is 0 Å². The summed E-state index contributed by atoms with van der Waals surface area (Å²) in [7, 11) is 1.64. The molecule has 2 aliphatic rings. The van der Waals surface area contributed by atoms with Crippen molar-refractivity contribution in [2.75, 3.05) is 25.1 Å². The van der Waals surface area contributed by atoms with Gasteiger partial charge in [-0.3, -0.25) is 9.59 Å². The van der Waals surface area contributed by atoms with Crippen molar-refractivity contribution in [3.63, 3.8) is 0 Å². The summed E-state index contributed by atoms with van der Waals surface area (Å²) in [6.07, 6.45) is 1.42. The van der Waals surface area contributed by atoms with Gasteiger partial charge in [-0.15, -0.1) is 0 Å². The Balaban J connectivity index is 1.52. The predicted molar refractivity (Wildman–Crippen MR) is 96.6 cm³/mol. The standard InChI is InChI=1S/C18H19ClN4O3/c1-21(17(24)13-11-16-23(20-13)8-4-10-26-16)15-7-9-22(18(15)25)14-6-3-2-5-12(14)19/h2-3,5-6,11,15H,4,7-10H2,1H3. The molecule has 1 unspecified atom stereocenters. The highest BCUT2D eigenvalue weighted by Crippen LogP contribution is 2.30. The topological polar surface area (TPSA) is 67.7 Å². The molecule has 2 aromatic rings. The van der Waals surface area contributed by atoms with Crippen LogP contribution in [0, 0.1) is 0 Å². The van der Waals surface area contributed by atoms with E-state index in [1.54, 1.807) is 28.8 Å². The molecule has 2 amide bonds. The number of hydrogen-bond acceptors (Lipinski definition) is 4. The minimum atomic E-state index is -0.529. The summed E-state index contributed by atoms with van der Waals surface area (Å²) in [5, 5.41) is 4.84. The van der Waals surface area contributed by atoms with E-state index in [0.717, 1.165) is 13.0 Å². The number of para-hydroxylation sites is 1. The SMILES string of the molecule is CN(C(=O)c1cc2n(n1)CCCO2)C1CCN(c2ccccc2Cl)C1=O. The summed E-state index contributed by atoms with van der Waals surface area (Å²) in [4.78, 5) is 28.8. The number of likely N-dealkylation sites (N-methyl/N-ethyl adjacent to an activating group) is 1. The summed E-state index contributed by atoms with van der Waals surface area (Å²) in [6.45, 7) is 1.88. The summed E-state index contributed by atoms with van der Waals surface area (Å²) in [6, 6.07) is 8.34. The second-order valence-corrected chi connectivity index (χ2v) is 6.86. The maximum atomic E-state index is 12.9. The Labute approximate surface area is 156 Å². The fraction of sp³-hybridized carbons (Fsp3) is 0.389. The summed E-state index contributed by atoms with van der Waals surface area (Å²) in [5.41, 5.74) is 0.974. The molecule has 0 N–H and O–H groups in total. The van der Waals surface area contributed by atoms with Gasteiger partial charge in [-0.1, -0.05) is 23.7 Å². The Morgan fingerprint density at radius 1 is 1.35 bits per heavy atom. The van der Waals surface area contributed by atoms with Crippen LogP contribution >= 0.6 is 11.6 Å². The third kappa shape index (κ3) is 2.82. The van der Waals surface area contributed by atoms with E-state index in [2.05, 4.69) is 5.10 Å². The zero-order valence-electron chi connectivity index (χ0n) is 14.4. The molecule has 3 heterocycles. The Bertz CT molecular complexity index is 842. The molecule has 0 bridgehead atoms. The summed E-state index contributed by atoms with van der Waals surface area (Å²) in [5.74, 6) is 0.187. The molecule has 1 atom stereocenters. The molecule has 0 saturated carbocycles. The van der Waals surface area contributed by atoms with Crippen molar-refractivity contribution >= 4 is 29.1 Å². The van der Waals surface area contributed by atoms with E-state index < -0.39 is 6.04 Å². The first kappa shape index (κ1) is 16.9. The van der Waals surface area contributed by atoms with Gasteiger partial charge in [-0.05, 0) is 18.6 Å². The first-order valence-electron chi connectivity index (χ1n) is 8.60. The van der Waals surface area contributed by atoms with Gasteiger partial charge in [-0.2, -0.15) is 5.10 Å². The van der Waals surface area contributed by atoms with Crippen LogP contribution in [0.15, 0.2) is 30.3 Å². The first-order chi connectivity index (χ1) is 12.6. The molecule has 136 valence electrons. The number of carbonyl (C=O) groups excluding carboxylic acids is 2. The molecular weight excluding hydrogens is 356 g/mol. The van der Waals surface area contributed by atoms with Gasteiger partial charge in [0.15, 0.2) is 5.69 Å². The second kappa shape index (κ2) is 6.64. The van der Waals surface area contributed by atoms with Crippen LogP contribution in [-0.2, 0) is 11.3 Å². The van der Waals surface area contributed by atoms with E-state index in [1.807, 2.05) is 18.2 Å². The Hall–Kier alpha value is -2.54. The van der Waals surface area contributed by atoms with Crippen molar-refractivity contribution < 1.29 is 14.3 Å². The number of aromatic nitrogens is 2. The molecule has 8 heteroatoms. The molecule has 0 radical (unpaired) electrons. The van der Waals surface area contributed by atoms with Gasteiger partial charge in [0.2, 0.25) is 11.8 Å². The molecule has 7 nitrogen and oxygen atoms in total. The Kier molecular flexibility index (Phi) is 4.32. The molecule has 1 fully saturated rings. The number of ether oxygens (including phenoxy) is 1. The first-order valence-corrected chi connectivity index (χ1v) is 8.98. The predicted octanol–water partition coefficient (Wildman–Crippen LogP) is 2.20. The van der Waals surface area contributed by atoms with Crippen LogP contribution in [-0.4, -0.2) is 52.7 Å². The number of fused-ring (bicyclic) bond motifs is 1. The van der Waals surface area contributed by atoms with Crippen molar-refractivity contribution in [1.82, 2.24) is 14.7 Å². The van der Waals surface area contributed by atoms with Crippen LogP contribution in [0.4, 0.5) is 5.69 Å². The van der Waals surface area contributed by atoms with E-state index in [-0.39, 0.29) is 11.8 Å². The summed E-state index contributed by atoms with van der Waals surface area (Å²) < 4.78 is 7.20. The number of anilines is 1. The number of benzene rings is 1. The lowest BCUT2D eigenvalue weighted by molar-refractivity contribution is -0.120. The van der Waals surface area contributed by atoms with Gasteiger partial charge >= 0.3 is 0 Å². The fourth-order valence-electron chi connectivity index (χ4n) is 3.43. The van der Waals surface area contributed by atoms with Crippen LogP contribution in [0.2, 0.25) is 5.02 Å².